The number of carbonyl (C=O) groups is 6. The molecule has 0 radical (unpaired) electrons. The summed E-state index contributed by atoms with van der Waals surface area (Å²) in [4.78, 5) is 93.7. The van der Waals surface area contributed by atoms with Crippen molar-refractivity contribution in [2.24, 2.45) is 11.8 Å². The lowest BCUT2D eigenvalue weighted by molar-refractivity contribution is -0.179. The van der Waals surface area contributed by atoms with Gasteiger partial charge in [-0.3, -0.25) is 28.9 Å². The Balaban J connectivity index is 1.36. The Morgan fingerprint density at radius 1 is 0.750 bits per heavy atom. The number of esters is 3. The van der Waals surface area contributed by atoms with Crippen LogP contribution in [-0.4, -0.2) is 125 Å². The number of rotatable bonds is 15. The normalized spacial score (nSPS) is 21.4. The number of aliphatic hydroxyl groups excluding tert-OH is 1. The summed E-state index contributed by atoms with van der Waals surface area (Å²) in [6, 6.07) is 30.0. The topological polar surface area (TPSA) is 206 Å². The Labute approximate surface area is 439 Å². The molecule has 4 aliphatic rings. The quantitative estimate of drug-likeness (QED) is 0.0432. The monoisotopic (exact) mass is 1040 g/mol. The fraction of sp³-hybridized carbons (Fsp3) is 0.345. The van der Waals surface area contributed by atoms with Crippen LogP contribution in [0.25, 0.3) is 0 Å². The summed E-state index contributed by atoms with van der Waals surface area (Å²) in [6.45, 7) is -0.601. The highest BCUT2D eigenvalue weighted by atomic mass is 16.6. The van der Waals surface area contributed by atoms with Gasteiger partial charge in [-0.2, -0.15) is 0 Å². The van der Waals surface area contributed by atoms with Crippen LogP contribution in [-0.2, 0) is 66.0 Å². The molecule has 18 heteroatoms. The molecule has 0 bridgehead atoms. The van der Waals surface area contributed by atoms with Crippen molar-refractivity contribution in [3.8, 4) is 29.1 Å². The number of ether oxygens (including phenoxy) is 8. The first-order valence-electron chi connectivity index (χ1n) is 24.7. The van der Waals surface area contributed by atoms with E-state index in [1.165, 1.54) is 27.4 Å². The number of carbonyl (C=O) groups excluding carboxylic acids is 6. The van der Waals surface area contributed by atoms with Gasteiger partial charge in [-0.25, -0.2) is 9.69 Å². The number of hydrogen-bond donors (Lipinski definition) is 1. The first kappa shape index (κ1) is 52.6. The molecule has 0 aliphatic carbocycles. The number of cyclic esters (lactones) is 1. The molecule has 18 nitrogen and oxygen atoms in total. The molecule has 5 aromatic rings. The minimum absolute atomic E-state index is 0.00777. The second kappa shape index (κ2) is 22.7. The molecule has 76 heavy (non-hydrogen) atoms. The number of aliphatic hydroxyl groups is 1. The van der Waals surface area contributed by atoms with Gasteiger partial charge in [-0.15, -0.1) is 0 Å². The fourth-order valence-corrected chi connectivity index (χ4v) is 11.3. The van der Waals surface area contributed by atoms with Crippen LogP contribution in [0.1, 0.15) is 63.6 Å². The number of benzene rings is 5. The molecule has 9 rings (SSSR count). The van der Waals surface area contributed by atoms with E-state index >= 15 is 14.4 Å². The zero-order chi connectivity index (χ0) is 53.7. The van der Waals surface area contributed by atoms with E-state index in [0.717, 1.165) is 30.2 Å². The Morgan fingerprint density at radius 3 is 2.07 bits per heavy atom. The van der Waals surface area contributed by atoms with Crippen LogP contribution in [0.5, 0.6) is 17.2 Å². The van der Waals surface area contributed by atoms with E-state index in [9.17, 15) is 19.5 Å². The van der Waals surface area contributed by atoms with Gasteiger partial charge in [0.2, 0.25) is 11.8 Å². The molecule has 4 aliphatic heterocycles. The van der Waals surface area contributed by atoms with Gasteiger partial charge in [0, 0.05) is 37.7 Å². The number of amides is 3. The van der Waals surface area contributed by atoms with E-state index in [2.05, 4.69) is 11.8 Å². The highest BCUT2D eigenvalue weighted by Crippen LogP contribution is 2.67. The lowest BCUT2D eigenvalue weighted by Gasteiger charge is -2.46. The van der Waals surface area contributed by atoms with Gasteiger partial charge >= 0.3 is 24.0 Å². The van der Waals surface area contributed by atoms with E-state index in [1.54, 1.807) is 47.4 Å². The number of imide groups is 1. The van der Waals surface area contributed by atoms with Crippen LogP contribution < -0.4 is 19.1 Å². The third-order valence-corrected chi connectivity index (χ3v) is 14.5. The van der Waals surface area contributed by atoms with Crippen LogP contribution in [0, 0.1) is 23.7 Å². The molecule has 6 atom stereocenters. The second-order valence-corrected chi connectivity index (χ2v) is 18.4. The predicted octanol–water partition coefficient (Wildman–Crippen LogP) is 5.81. The van der Waals surface area contributed by atoms with Crippen molar-refractivity contribution in [3.63, 3.8) is 0 Å². The highest BCUT2D eigenvalue weighted by Gasteiger charge is 2.76. The smallest absolute Gasteiger partial charge is 0.421 e. The summed E-state index contributed by atoms with van der Waals surface area (Å²) in [7, 11) is 6.77. The van der Waals surface area contributed by atoms with Crippen LogP contribution in [0.4, 0.5) is 10.5 Å². The summed E-state index contributed by atoms with van der Waals surface area (Å²) < 4.78 is 45.0. The lowest BCUT2D eigenvalue weighted by atomic mass is 9.64. The first-order valence-corrected chi connectivity index (χ1v) is 24.7. The van der Waals surface area contributed by atoms with E-state index in [-0.39, 0.29) is 68.5 Å². The Hall–Kier alpha value is -8.24. The fourth-order valence-electron chi connectivity index (χ4n) is 11.3. The maximum Gasteiger partial charge on any atom is 0.421 e. The van der Waals surface area contributed by atoms with E-state index in [0.29, 0.717) is 34.6 Å². The molecule has 4 heterocycles. The SMILES string of the molecule is COCCOC(=O)N1C(=O)C2(c3cc(C#CCC(C(=O)OC)C(=O)OC)ccc31)C(C(=O)N1CCc3cc(OC)c(OC)cc3C1)C1C(=O)OC(c3ccccc3)C(c3ccccc3)N1C2c1ccccc1OCCO. The Bertz CT molecular complexity index is 3070. The van der Waals surface area contributed by atoms with Gasteiger partial charge in [-0.05, 0) is 70.6 Å². The second-order valence-electron chi connectivity index (χ2n) is 18.4. The largest absolute Gasteiger partial charge is 0.493 e. The standard InChI is InChI=1S/C58H57N3O15/c1-69-29-30-75-57(68)60-43-24-23-35(15-14-21-41(53(64)72-4)54(65)73-5)31-42(43)58(56(60)67)47(52(63)59-26-25-38-32-45(70-2)46(71-3)33-39(38)34-59)49-55(66)76-50(37-18-10-7-11-19-37)48(36-16-8-6-9-17-36)61(49)51(58)40-20-12-13-22-44(40)74-28-27-62/h6-13,16-20,22-24,31-33,41,47-51,62H,21,25-30,34H2,1-5H3. The summed E-state index contributed by atoms with van der Waals surface area (Å²) in [5, 5.41) is 10.2. The molecule has 0 saturated carbocycles. The maximum atomic E-state index is 16.8. The molecular formula is C58H57N3O15. The molecule has 3 amide bonds. The zero-order valence-electron chi connectivity index (χ0n) is 42.6. The van der Waals surface area contributed by atoms with E-state index < -0.39 is 77.3 Å². The number of morpholine rings is 1. The van der Waals surface area contributed by atoms with Crippen molar-refractivity contribution in [3.05, 3.63) is 154 Å². The predicted molar refractivity (Wildman–Crippen MR) is 272 cm³/mol. The number of nitrogens with zero attached hydrogens (tertiary/aromatic N) is 3. The van der Waals surface area contributed by atoms with Gasteiger partial charge in [-0.1, -0.05) is 90.7 Å². The zero-order valence-corrected chi connectivity index (χ0v) is 42.6. The number of fused-ring (bicyclic) bond motifs is 4. The average molecular weight is 1040 g/mol. The number of hydrogen-bond acceptors (Lipinski definition) is 16. The van der Waals surface area contributed by atoms with Crippen molar-refractivity contribution in [2.45, 2.75) is 49.0 Å². The van der Waals surface area contributed by atoms with E-state index in [1.807, 2.05) is 71.6 Å². The number of methoxy groups -OCH3 is 5. The van der Waals surface area contributed by atoms with Crippen molar-refractivity contribution >= 4 is 41.5 Å². The minimum Gasteiger partial charge on any atom is -0.493 e. The van der Waals surface area contributed by atoms with Gasteiger partial charge in [0.1, 0.15) is 36.5 Å². The molecule has 1 spiro atoms. The maximum absolute atomic E-state index is 16.8. The van der Waals surface area contributed by atoms with Crippen molar-refractivity contribution < 1.29 is 71.8 Å². The van der Waals surface area contributed by atoms with Gasteiger partial charge < -0.3 is 47.9 Å². The first-order chi connectivity index (χ1) is 37.0. The summed E-state index contributed by atoms with van der Waals surface area (Å²) in [5.74, 6) is 0.0603. The van der Waals surface area contributed by atoms with Gasteiger partial charge in [0.25, 0.3) is 0 Å². The molecule has 2 fully saturated rings. The summed E-state index contributed by atoms with van der Waals surface area (Å²) >= 11 is 0. The Kier molecular flexibility index (Phi) is 15.7. The molecule has 1 N–H and O–H groups in total. The van der Waals surface area contributed by atoms with Crippen molar-refractivity contribution in [1.82, 2.24) is 9.80 Å². The van der Waals surface area contributed by atoms with Gasteiger partial charge in [0.05, 0.1) is 65.3 Å². The van der Waals surface area contributed by atoms with Gasteiger partial charge in [0.15, 0.2) is 17.4 Å². The van der Waals surface area contributed by atoms with E-state index in [4.69, 9.17) is 37.9 Å². The molecule has 394 valence electrons. The third-order valence-electron chi connectivity index (χ3n) is 14.5. The number of anilines is 1. The van der Waals surface area contributed by atoms with Crippen LogP contribution in [0.15, 0.2) is 115 Å². The lowest BCUT2D eigenvalue weighted by Crippen LogP contribution is -2.57. The summed E-state index contributed by atoms with van der Waals surface area (Å²) in [5.41, 5.74) is 1.51. The average Bonchev–Trinajstić information content (AvgIpc) is 4.12. The minimum atomic E-state index is -2.23. The number of para-hydroxylation sites is 1. The van der Waals surface area contributed by atoms with Crippen molar-refractivity contribution in [1.29, 1.82) is 0 Å². The molecule has 0 aromatic heterocycles. The molecular weight excluding hydrogens is 979 g/mol. The van der Waals surface area contributed by atoms with Crippen LogP contribution in [0.3, 0.4) is 0 Å². The molecule has 5 aromatic carbocycles. The Morgan fingerprint density at radius 2 is 1.41 bits per heavy atom. The third kappa shape index (κ3) is 9.35. The van der Waals surface area contributed by atoms with Crippen molar-refractivity contribution in [2.75, 3.05) is 73.4 Å². The van der Waals surface area contributed by atoms with Crippen LogP contribution >= 0.6 is 0 Å². The molecule has 6 unspecified atom stereocenters. The van der Waals surface area contributed by atoms with Crippen LogP contribution in [0.2, 0.25) is 0 Å². The molecule has 2 saturated heterocycles. The summed E-state index contributed by atoms with van der Waals surface area (Å²) in [6.07, 6.45) is -2.04. The highest BCUT2D eigenvalue weighted by molar-refractivity contribution is 6.23.